The first kappa shape index (κ1) is 27.2. The lowest BCUT2D eigenvalue weighted by Gasteiger charge is -2.23. The van der Waals surface area contributed by atoms with Crippen molar-refractivity contribution in [1.82, 2.24) is 0 Å². The molecule has 4 aromatic carbocycles. The third kappa shape index (κ3) is 5.36. The lowest BCUT2D eigenvalue weighted by molar-refractivity contribution is 0.349. The molecule has 0 aromatic heterocycles. The molecule has 206 valence electrons. The van der Waals surface area contributed by atoms with Crippen molar-refractivity contribution in [1.29, 1.82) is 0 Å². The van der Waals surface area contributed by atoms with Crippen LogP contribution in [0.25, 0.3) is 32.7 Å². The van der Waals surface area contributed by atoms with E-state index in [1.165, 1.54) is 32.7 Å². The number of nitrogens with zero attached hydrogens (tertiary/aromatic N) is 2. The van der Waals surface area contributed by atoms with Gasteiger partial charge in [-0.05, 0) is 44.5 Å². The first-order valence-electron chi connectivity index (χ1n) is 14.1. The van der Waals surface area contributed by atoms with Crippen LogP contribution in [-0.2, 0) is 0 Å². The topological polar surface area (TPSA) is 48.8 Å². The van der Waals surface area contributed by atoms with E-state index in [1.807, 2.05) is 23.5 Å². The summed E-state index contributed by atoms with van der Waals surface area (Å²) in [5.74, 6) is 2.00. The lowest BCUT2D eigenvalue weighted by Crippen LogP contribution is -2.24. The van der Waals surface area contributed by atoms with Gasteiger partial charge in [-0.1, -0.05) is 126 Å². The van der Waals surface area contributed by atoms with Gasteiger partial charge in [0.2, 0.25) is 0 Å². The molecule has 2 aliphatic heterocycles. The van der Waals surface area contributed by atoms with Crippen molar-refractivity contribution in [3.63, 3.8) is 0 Å². The van der Waals surface area contributed by atoms with Crippen LogP contribution in [0, 0.1) is 10.8 Å². The molecule has 2 heterocycles. The van der Waals surface area contributed by atoms with Gasteiger partial charge in [0.05, 0.1) is 12.1 Å². The molecule has 6 rings (SSSR count). The maximum Gasteiger partial charge on any atom is 0.161 e. The molecule has 0 saturated carbocycles. The van der Waals surface area contributed by atoms with Gasteiger partial charge in [0.1, 0.15) is 0 Å². The zero-order valence-electron chi connectivity index (χ0n) is 24.2. The molecular formula is C34H38N4S2. The predicted molar refractivity (Wildman–Crippen MR) is 180 cm³/mol. The van der Waals surface area contributed by atoms with Crippen molar-refractivity contribution in [2.45, 2.75) is 53.6 Å². The molecule has 2 atom stereocenters. The van der Waals surface area contributed by atoms with Gasteiger partial charge in [-0.15, -0.1) is 0 Å². The van der Waals surface area contributed by atoms with Crippen LogP contribution in [0.4, 0.5) is 11.4 Å². The summed E-state index contributed by atoms with van der Waals surface area (Å²) in [7, 11) is 0. The van der Waals surface area contributed by atoms with E-state index in [4.69, 9.17) is 9.98 Å². The number of thioether (sulfide) groups is 2. The second-order valence-electron chi connectivity index (χ2n) is 12.9. The Labute approximate surface area is 246 Å². The van der Waals surface area contributed by atoms with Crippen molar-refractivity contribution in [2.24, 2.45) is 20.8 Å². The molecule has 2 aliphatic rings. The maximum atomic E-state index is 5.10. The van der Waals surface area contributed by atoms with Crippen LogP contribution >= 0.6 is 23.5 Å². The van der Waals surface area contributed by atoms with E-state index in [9.17, 15) is 0 Å². The van der Waals surface area contributed by atoms with E-state index in [1.54, 1.807) is 0 Å². The third-order valence-corrected chi connectivity index (χ3v) is 9.82. The summed E-state index contributed by atoms with van der Waals surface area (Å²) in [6, 6.07) is 26.8. The zero-order valence-corrected chi connectivity index (χ0v) is 25.8. The summed E-state index contributed by atoms with van der Waals surface area (Å²) in [5.41, 5.74) is 4.81. The van der Waals surface area contributed by atoms with E-state index < -0.39 is 0 Å². The molecule has 6 heteroatoms. The first-order valence-corrected chi connectivity index (χ1v) is 16.0. The third-order valence-electron chi connectivity index (χ3n) is 7.89. The van der Waals surface area contributed by atoms with E-state index in [-0.39, 0.29) is 10.8 Å². The van der Waals surface area contributed by atoms with Crippen molar-refractivity contribution < 1.29 is 0 Å². The number of hydrogen-bond acceptors (Lipinski definition) is 6. The highest BCUT2D eigenvalue weighted by molar-refractivity contribution is 8.14. The molecule has 2 N–H and O–H groups in total. The van der Waals surface area contributed by atoms with Crippen molar-refractivity contribution in [3.05, 3.63) is 72.8 Å². The van der Waals surface area contributed by atoms with Crippen LogP contribution in [0.5, 0.6) is 0 Å². The fourth-order valence-electron chi connectivity index (χ4n) is 5.29. The number of fused-ring (bicyclic) bond motifs is 2. The van der Waals surface area contributed by atoms with Gasteiger partial charge in [0.25, 0.3) is 0 Å². The van der Waals surface area contributed by atoms with Crippen LogP contribution in [-0.4, -0.2) is 33.9 Å². The first-order chi connectivity index (χ1) is 19.1. The van der Waals surface area contributed by atoms with Gasteiger partial charge in [-0.3, -0.25) is 9.98 Å². The van der Waals surface area contributed by atoms with Crippen LogP contribution in [0.2, 0.25) is 0 Å². The summed E-state index contributed by atoms with van der Waals surface area (Å²) in [4.78, 5) is 10.2. The molecule has 0 saturated heterocycles. The number of nitrogens with one attached hydrogen (secondary N) is 2. The Balaban J connectivity index is 1.53. The largest absolute Gasteiger partial charge is 0.334 e. The van der Waals surface area contributed by atoms with Crippen molar-refractivity contribution in [2.75, 3.05) is 22.1 Å². The Morgan fingerprint density at radius 3 is 1.35 bits per heavy atom. The van der Waals surface area contributed by atoms with Crippen LogP contribution in [0.15, 0.2) is 82.8 Å². The van der Waals surface area contributed by atoms with Crippen LogP contribution in [0.1, 0.15) is 41.5 Å². The molecule has 4 aromatic rings. The Kier molecular flexibility index (Phi) is 7.12. The van der Waals surface area contributed by atoms with E-state index >= 15 is 0 Å². The Hall–Kier alpha value is -2.96. The highest BCUT2D eigenvalue weighted by atomic mass is 32.2. The fraction of sp³-hybridized carbons (Fsp3) is 0.353. The molecule has 40 heavy (non-hydrogen) atoms. The van der Waals surface area contributed by atoms with Gasteiger partial charge in [-0.25, -0.2) is 0 Å². The Morgan fingerprint density at radius 1 is 0.575 bits per heavy atom. The minimum absolute atomic E-state index is 0.139. The van der Waals surface area contributed by atoms with Crippen molar-refractivity contribution in [3.8, 4) is 11.1 Å². The number of anilines is 2. The standard InChI is InChI=1S/C34H38N4S2/c1-33(2,3)27-19-39-31(37-27)35-25-17-15-21-11-7-9-13-23(21)29(25)30-24-14-10-8-12-22(24)16-18-26(30)36-32-38-28(20-40-32)34(4,5)6/h7-18,27-28H,19-20H2,1-6H3,(H,35,37)(H,36,38)/t27-,28-/m1/s1. The summed E-state index contributed by atoms with van der Waals surface area (Å²) in [6.45, 7) is 13.6. The maximum absolute atomic E-state index is 5.10. The average Bonchev–Trinajstić information content (AvgIpc) is 3.59. The fourth-order valence-corrected chi connectivity index (χ4v) is 7.84. The number of aliphatic imine (C=N–C) groups is 2. The average molecular weight is 567 g/mol. The summed E-state index contributed by atoms with van der Waals surface area (Å²) in [5, 5.41) is 14.4. The second-order valence-corrected chi connectivity index (χ2v) is 14.9. The van der Waals surface area contributed by atoms with Crippen molar-refractivity contribution >= 4 is 66.8 Å². The molecule has 4 nitrogen and oxygen atoms in total. The minimum Gasteiger partial charge on any atom is -0.334 e. The van der Waals surface area contributed by atoms with Gasteiger partial charge in [0, 0.05) is 34.0 Å². The zero-order chi connectivity index (χ0) is 28.1. The number of benzene rings is 4. The second kappa shape index (κ2) is 10.5. The molecule has 0 bridgehead atoms. The molecule has 0 unspecified atom stereocenters. The number of rotatable bonds is 3. The minimum atomic E-state index is 0.139. The predicted octanol–water partition coefficient (Wildman–Crippen LogP) is 9.52. The SMILES string of the molecule is CC(C)(C)[C@H]1CSC(Nc2ccc3ccccc3c2-c2c(NC3=N[C@@H](C(C)(C)C)CS3)ccc3ccccc23)=N1. The molecular weight excluding hydrogens is 529 g/mol. The monoisotopic (exact) mass is 566 g/mol. The Bertz CT molecular complexity index is 1520. The molecule has 0 fully saturated rings. The summed E-state index contributed by atoms with van der Waals surface area (Å²) >= 11 is 3.64. The van der Waals surface area contributed by atoms with E-state index in [0.29, 0.717) is 12.1 Å². The quantitative estimate of drug-likeness (QED) is 0.259. The van der Waals surface area contributed by atoms with E-state index in [0.717, 1.165) is 33.2 Å². The smallest absolute Gasteiger partial charge is 0.161 e. The van der Waals surface area contributed by atoms with Crippen LogP contribution < -0.4 is 10.6 Å². The van der Waals surface area contributed by atoms with E-state index in [2.05, 4.69) is 125 Å². The highest BCUT2D eigenvalue weighted by Crippen LogP contribution is 2.45. The van der Waals surface area contributed by atoms with Gasteiger partial charge in [0.15, 0.2) is 10.3 Å². The molecule has 0 radical (unpaired) electrons. The molecule has 0 spiro atoms. The van der Waals surface area contributed by atoms with Gasteiger partial charge >= 0.3 is 0 Å². The molecule has 0 aliphatic carbocycles. The number of hydrogen-bond donors (Lipinski definition) is 2. The molecule has 0 amide bonds. The van der Waals surface area contributed by atoms with Gasteiger partial charge < -0.3 is 10.6 Å². The normalized spacial score (nSPS) is 19.6. The summed E-state index contributed by atoms with van der Waals surface area (Å²) < 4.78 is 0. The highest BCUT2D eigenvalue weighted by Gasteiger charge is 2.31. The summed E-state index contributed by atoms with van der Waals surface area (Å²) in [6.07, 6.45) is 0. The number of amidine groups is 2. The lowest BCUT2D eigenvalue weighted by atomic mass is 9.88. The van der Waals surface area contributed by atoms with Crippen LogP contribution in [0.3, 0.4) is 0 Å². The van der Waals surface area contributed by atoms with Gasteiger partial charge in [-0.2, -0.15) is 0 Å². The Morgan fingerprint density at radius 2 is 0.975 bits per heavy atom.